The molecule has 8 nitrogen and oxygen atoms in total. The summed E-state index contributed by atoms with van der Waals surface area (Å²) < 4.78 is 21.4. The second-order valence-corrected chi connectivity index (χ2v) is 11.2. The lowest BCUT2D eigenvalue weighted by atomic mass is 9.80. The number of carbonyl (C=O) groups excluding carboxylic acids is 1. The number of aryl methyl sites for hydroxylation is 2. The van der Waals surface area contributed by atoms with Gasteiger partial charge in [0.25, 0.3) is 5.91 Å². The standard InChI is InChI=1S/C25H27FN6O2S/c1-12-2-4-14-21(27)22(35-24(14)28-12)23(33)29-13-3-5-17-15(8-13)16(26)9-20(30-17)32-10-19-25(11-32)18(31-19)6-7-34-25/h2,4,9,13,18-19,31H,3,5-8,10-11,27H2,1H3,(H,29,33). The van der Waals surface area contributed by atoms with E-state index in [1.807, 2.05) is 19.1 Å². The molecule has 1 amide bonds. The average molecular weight is 495 g/mol. The fourth-order valence-electron chi connectivity index (χ4n) is 6.25. The molecular formula is C25H27FN6O2S. The fourth-order valence-corrected chi connectivity index (χ4v) is 7.29. The van der Waals surface area contributed by atoms with Gasteiger partial charge in [-0.15, -0.1) is 11.3 Å². The van der Waals surface area contributed by atoms with Crippen molar-refractivity contribution in [2.75, 3.05) is 30.3 Å². The number of fused-ring (bicyclic) bond motifs is 2. The van der Waals surface area contributed by atoms with Crippen LogP contribution in [-0.2, 0) is 17.6 Å². The summed E-state index contributed by atoms with van der Waals surface area (Å²) in [6, 6.07) is 5.85. The molecule has 3 aliphatic heterocycles. The normalized spacial score (nSPS) is 29.0. The number of anilines is 2. The highest BCUT2D eigenvalue weighted by atomic mass is 32.1. The number of nitrogens with zero attached hydrogens (tertiary/aromatic N) is 3. The lowest BCUT2D eigenvalue weighted by Gasteiger charge is -2.46. The molecule has 0 aromatic carbocycles. The Kier molecular flexibility index (Phi) is 4.65. The van der Waals surface area contributed by atoms with Crippen LogP contribution in [0, 0.1) is 12.7 Å². The number of pyridine rings is 2. The zero-order chi connectivity index (χ0) is 23.9. The first-order valence-electron chi connectivity index (χ1n) is 12.2. The largest absolute Gasteiger partial charge is 0.397 e. The van der Waals surface area contributed by atoms with Gasteiger partial charge in [0.1, 0.15) is 26.9 Å². The molecule has 0 bridgehead atoms. The average Bonchev–Trinajstić information content (AvgIpc) is 3.44. The van der Waals surface area contributed by atoms with Crippen LogP contribution in [0.3, 0.4) is 0 Å². The van der Waals surface area contributed by atoms with E-state index in [0.717, 1.165) is 47.7 Å². The van der Waals surface area contributed by atoms with Gasteiger partial charge in [-0.2, -0.15) is 0 Å². The van der Waals surface area contributed by atoms with Crippen LogP contribution in [0.2, 0.25) is 0 Å². The van der Waals surface area contributed by atoms with Crippen molar-refractivity contribution in [2.24, 2.45) is 0 Å². The summed E-state index contributed by atoms with van der Waals surface area (Å²) in [6.07, 6.45) is 2.78. The fraction of sp³-hybridized carbons (Fsp3) is 0.480. The van der Waals surface area contributed by atoms with Crippen LogP contribution in [0.1, 0.15) is 39.5 Å². The highest BCUT2D eigenvalue weighted by Crippen LogP contribution is 2.44. The Balaban J connectivity index is 1.08. The van der Waals surface area contributed by atoms with E-state index in [1.54, 1.807) is 6.07 Å². The van der Waals surface area contributed by atoms with E-state index in [-0.39, 0.29) is 29.4 Å². The van der Waals surface area contributed by atoms with Crippen LogP contribution in [0.15, 0.2) is 18.2 Å². The van der Waals surface area contributed by atoms with E-state index in [0.29, 0.717) is 47.3 Å². The number of halogens is 1. The molecule has 1 spiro atoms. The lowest BCUT2D eigenvalue weighted by molar-refractivity contribution is -0.0637. The number of nitrogens with two attached hydrogens (primary N) is 1. The van der Waals surface area contributed by atoms with Gasteiger partial charge >= 0.3 is 0 Å². The van der Waals surface area contributed by atoms with Crippen molar-refractivity contribution in [1.82, 2.24) is 20.6 Å². The molecule has 3 fully saturated rings. The maximum atomic E-state index is 15.3. The molecular weight excluding hydrogens is 467 g/mol. The Bertz CT molecular complexity index is 1380. The smallest absolute Gasteiger partial charge is 0.263 e. The van der Waals surface area contributed by atoms with Crippen LogP contribution >= 0.6 is 11.3 Å². The number of amides is 1. The van der Waals surface area contributed by atoms with Crippen molar-refractivity contribution in [2.45, 2.75) is 56.3 Å². The van der Waals surface area contributed by atoms with E-state index in [2.05, 4.69) is 20.5 Å². The van der Waals surface area contributed by atoms with Crippen LogP contribution in [0.4, 0.5) is 15.9 Å². The van der Waals surface area contributed by atoms with Gasteiger partial charge in [0, 0.05) is 53.6 Å². The third-order valence-corrected chi connectivity index (χ3v) is 9.23. The van der Waals surface area contributed by atoms with Crippen molar-refractivity contribution >= 4 is 39.0 Å². The summed E-state index contributed by atoms with van der Waals surface area (Å²) >= 11 is 1.30. The molecule has 35 heavy (non-hydrogen) atoms. The third-order valence-electron chi connectivity index (χ3n) is 8.12. The maximum absolute atomic E-state index is 15.3. The molecule has 4 N–H and O–H groups in total. The van der Waals surface area contributed by atoms with Crippen LogP contribution < -0.4 is 21.3 Å². The van der Waals surface area contributed by atoms with Crippen molar-refractivity contribution < 1.29 is 13.9 Å². The molecule has 3 aromatic heterocycles. The number of hydrogen-bond donors (Lipinski definition) is 3. The summed E-state index contributed by atoms with van der Waals surface area (Å²) in [5.74, 6) is 0.204. The summed E-state index contributed by atoms with van der Waals surface area (Å²) in [7, 11) is 0. The number of hydrogen-bond acceptors (Lipinski definition) is 8. The molecule has 1 aliphatic carbocycles. The van der Waals surface area contributed by atoms with Gasteiger partial charge in [0.05, 0.1) is 18.3 Å². The highest BCUT2D eigenvalue weighted by molar-refractivity contribution is 7.21. The van der Waals surface area contributed by atoms with Gasteiger partial charge in [-0.1, -0.05) is 0 Å². The number of rotatable bonds is 3. The SMILES string of the molecule is Cc1ccc2c(N)c(C(=O)NC3CCc4nc(N5CC6NC7CCOC76C5)cc(F)c4C3)sc2n1. The van der Waals surface area contributed by atoms with Gasteiger partial charge < -0.3 is 26.0 Å². The van der Waals surface area contributed by atoms with E-state index < -0.39 is 0 Å². The Morgan fingerprint density at radius 3 is 3.09 bits per heavy atom. The first-order valence-corrected chi connectivity index (χ1v) is 13.0. The lowest BCUT2D eigenvalue weighted by Crippen LogP contribution is -2.72. The Morgan fingerprint density at radius 1 is 1.34 bits per heavy atom. The van der Waals surface area contributed by atoms with E-state index in [4.69, 9.17) is 15.5 Å². The molecule has 3 aromatic rings. The molecule has 4 aliphatic rings. The molecule has 182 valence electrons. The highest BCUT2D eigenvalue weighted by Gasteiger charge is 2.63. The first-order chi connectivity index (χ1) is 16.9. The summed E-state index contributed by atoms with van der Waals surface area (Å²) in [6.45, 7) is 4.23. The molecule has 4 atom stereocenters. The maximum Gasteiger partial charge on any atom is 0.263 e. The summed E-state index contributed by atoms with van der Waals surface area (Å²) in [5, 5.41) is 7.44. The van der Waals surface area contributed by atoms with Gasteiger partial charge in [-0.05, 0) is 44.7 Å². The quantitative estimate of drug-likeness (QED) is 0.513. The Labute approximate surface area is 206 Å². The number of thiophene rings is 1. The van der Waals surface area contributed by atoms with Gasteiger partial charge in [0.15, 0.2) is 0 Å². The topological polar surface area (TPSA) is 105 Å². The molecule has 7 rings (SSSR count). The minimum absolute atomic E-state index is 0.133. The van der Waals surface area contributed by atoms with Crippen LogP contribution in [0.25, 0.3) is 10.2 Å². The van der Waals surface area contributed by atoms with E-state index in [1.165, 1.54) is 11.3 Å². The van der Waals surface area contributed by atoms with Crippen molar-refractivity contribution in [1.29, 1.82) is 0 Å². The van der Waals surface area contributed by atoms with Gasteiger partial charge in [-0.25, -0.2) is 14.4 Å². The van der Waals surface area contributed by atoms with Crippen molar-refractivity contribution in [3.8, 4) is 0 Å². The number of nitrogens with one attached hydrogen (secondary N) is 2. The zero-order valence-corrected chi connectivity index (χ0v) is 20.3. The minimum atomic E-state index is -0.251. The zero-order valence-electron chi connectivity index (χ0n) is 19.4. The summed E-state index contributed by atoms with van der Waals surface area (Å²) in [4.78, 5) is 25.7. The molecule has 10 heteroatoms. The van der Waals surface area contributed by atoms with Crippen LogP contribution in [-0.4, -0.2) is 59.3 Å². The number of aromatic nitrogens is 2. The number of nitrogen functional groups attached to an aromatic ring is 1. The first kappa shape index (κ1) is 21.5. The molecule has 0 radical (unpaired) electrons. The number of ether oxygens (including phenoxy) is 1. The van der Waals surface area contributed by atoms with Crippen molar-refractivity contribution in [3.05, 3.63) is 45.8 Å². The van der Waals surface area contributed by atoms with E-state index in [9.17, 15) is 4.79 Å². The summed E-state index contributed by atoms with van der Waals surface area (Å²) in [5.41, 5.74) is 8.84. The van der Waals surface area contributed by atoms with Gasteiger partial charge in [0.2, 0.25) is 0 Å². The molecule has 6 heterocycles. The molecule has 4 unspecified atom stereocenters. The van der Waals surface area contributed by atoms with Crippen molar-refractivity contribution in [3.63, 3.8) is 0 Å². The number of carbonyl (C=O) groups is 1. The van der Waals surface area contributed by atoms with E-state index >= 15 is 4.39 Å². The molecule has 0 saturated carbocycles. The second kappa shape index (κ2) is 7.59. The predicted octanol–water partition coefficient (Wildman–Crippen LogP) is 2.33. The minimum Gasteiger partial charge on any atom is -0.397 e. The monoisotopic (exact) mass is 494 g/mol. The second-order valence-electron chi connectivity index (χ2n) is 10.2. The Hall–Kier alpha value is -2.82. The van der Waals surface area contributed by atoms with Crippen LogP contribution in [0.5, 0.6) is 0 Å². The predicted molar refractivity (Wildman–Crippen MR) is 132 cm³/mol. The Morgan fingerprint density at radius 2 is 2.23 bits per heavy atom. The van der Waals surface area contributed by atoms with Gasteiger partial charge in [-0.3, -0.25) is 4.79 Å². The third kappa shape index (κ3) is 3.19. The molecule has 3 saturated heterocycles.